The van der Waals surface area contributed by atoms with Crippen LogP contribution < -0.4 is 15.8 Å². The first-order valence-corrected chi connectivity index (χ1v) is 7.25. The van der Waals surface area contributed by atoms with Crippen molar-refractivity contribution in [1.29, 1.82) is 0 Å². The van der Waals surface area contributed by atoms with Gasteiger partial charge in [0.15, 0.2) is 0 Å². The second kappa shape index (κ2) is 6.36. The highest BCUT2D eigenvalue weighted by Gasteiger charge is 2.03. The second-order valence-electron chi connectivity index (χ2n) is 3.84. The fourth-order valence-corrected chi connectivity index (χ4v) is 1.76. The predicted molar refractivity (Wildman–Crippen MR) is 67.1 cm³/mol. The van der Waals surface area contributed by atoms with Crippen molar-refractivity contribution in [3.05, 3.63) is 12.4 Å². The van der Waals surface area contributed by atoms with Gasteiger partial charge in [0.2, 0.25) is 15.9 Å². The maximum atomic E-state index is 11.4. The first kappa shape index (κ1) is 14.5. The molecule has 0 atom stereocenters. The van der Waals surface area contributed by atoms with Crippen LogP contribution in [-0.2, 0) is 21.4 Å². The molecular weight excluding hydrogens is 258 g/mol. The number of rotatable bonds is 7. The summed E-state index contributed by atoms with van der Waals surface area (Å²) in [5.41, 5.74) is 5.95. The largest absolute Gasteiger partial charge is 0.396 e. The summed E-state index contributed by atoms with van der Waals surface area (Å²) in [6, 6.07) is 0. The average Bonchev–Trinajstić information content (AvgIpc) is 2.61. The number of nitrogens with zero attached hydrogens (tertiary/aromatic N) is 2. The van der Waals surface area contributed by atoms with E-state index in [1.807, 2.05) is 0 Å². The molecule has 0 saturated carbocycles. The van der Waals surface area contributed by atoms with E-state index in [1.54, 1.807) is 6.20 Å². The van der Waals surface area contributed by atoms with Gasteiger partial charge in [-0.05, 0) is 6.42 Å². The third-order valence-corrected chi connectivity index (χ3v) is 2.73. The van der Waals surface area contributed by atoms with Crippen molar-refractivity contribution in [3.63, 3.8) is 0 Å². The van der Waals surface area contributed by atoms with Crippen molar-refractivity contribution in [2.45, 2.75) is 13.0 Å². The number of carbonyl (C=O) groups excluding carboxylic acids is 1. The van der Waals surface area contributed by atoms with Gasteiger partial charge in [0.1, 0.15) is 6.54 Å². The van der Waals surface area contributed by atoms with Crippen molar-refractivity contribution in [2.75, 3.05) is 25.1 Å². The van der Waals surface area contributed by atoms with Crippen LogP contribution in [0.15, 0.2) is 12.4 Å². The molecule has 1 rings (SSSR count). The van der Waals surface area contributed by atoms with Gasteiger partial charge in [-0.1, -0.05) is 0 Å². The highest BCUT2D eigenvalue weighted by atomic mass is 32.2. The standard InChI is InChI=1S/C9H17N5O3S/c1-18(16,17)13-4-2-3-11-9(15)7-14-6-8(10)5-12-14/h5-6,13H,2-4,7,10H2,1H3,(H,11,15). The molecule has 0 aliphatic heterocycles. The zero-order valence-corrected chi connectivity index (χ0v) is 10.9. The first-order chi connectivity index (χ1) is 8.37. The Morgan fingerprint density at radius 1 is 1.50 bits per heavy atom. The fourth-order valence-electron chi connectivity index (χ4n) is 1.24. The summed E-state index contributed by atoms with van der Waals surface area (Å²) < 4.78 is 25.3. The van der Waals surface area contributed by atoms with Gasteiger partial charge in [0, 0.05) is 19.3 Å². The van der Waals surface area contributed by atoms with Crippen LogP contribution in [0, 0.1) is 0 Å². The Hall–Kier alpha value is -1.61. The number of nitrogen functional groups attached to an aromatic ring is 1. The number of hydrogen-bond acceptors (Lipinski definition) is 5. The lowest BCUT2D eigenvalue weighted by Crippen LogP contribution is -2.31. The molecule has 0 aromatic carbocycles. The summed E-state index contributed by atoms with van der Waals surface area (Å²) in [6.07, 6.45) is 4.64. The molecule has 1 aromatic heterocycles. The molecule has 8 nitrogen and oxygen atoms in total. The highest BCUT2D eigenvalue weighted by Crippen LogP contribution is 1.96. The smallest absolute Gasteiger partial charge is 0.241 e. The van der Waals surface area contributed by atoms with Crippen LogP contribution in [-0.4, -0.2) is 43.5 Å². The Morgan fingerprint density at radius 3 is 2.78 bits per heavy atom. The lowest BCUT2D eigenvalue weighted by molar-refractivity contribution is -0.121. The van der Waals surface area contributed by atoms with Gasteiger partial charge < -0.3 is 11.1 Å². The van der Waals surface area contributed by atoms with E-state index < -0.39 is 10.0 Å². The molecule has 0 spiro atoms. The Balaban J connectivity index is 2.14. The lowest BCUT2D eigenvalue weighted by Gasteiger charge is -2.05. The first-order valence-electron chi connectivity index (χ1n) is 5.36. The molecule has 18 heavy (non-hydrogen) atoms. The normalized spacial score (nSPS) is 11.4. The second-order valence-corrected chi connectivity index (χ2v) is 5.67. The van der Waals surface area contributed by atoms with Crippen molar-refractivity contribution in [1.82, 2.24) is 19.8 Å². The molecule has 0 saturated heterocycles. The number of nitrogens with two attached hydrogens (primary N) is 1. The van der Waals surface area contributed by atoms with Crippen LogP contribution in [0.5, 0.6) is 0 Å². The summed E-state index contributed by atoms with van der Waals surface area (Å²) in [5.74, 6) is -0.197. The maximum absolute atomic E-state index is 11.4. The van der Waals surface area contributed by atoms with E-state index in [9.17, 15) is 13.2 Å². The van der Waals surface area contributed by atoms with Crippen molar-refractivity contribution < 1.29 is 13.2 Å². The summed E-state index contributed by atoms with van der Waals surface area (Å²) in [5, 5.41) is 6.52. The van der Waals surface area contributed by atoms with Crippen molar-refractivity contribution >= 4 is 21.6 Å². The van der Waals surface area contributed by atoms with E-state index in [4.69, 9.17) is 5.73 Å². The van der Waals surface area contributed by atoms with E-state index in [2.05, 4.69) is 15.1 Å². The maximum Gasteiger partial charge on any atom is 0.241 e. The molecule has 9 heteroatoms. The molecule has 1 heterocycles. The van der Waals surface area contributed by atoms with Gasteiger partial charge in [-0.2, -0.15) is 5.10 Å². The monoisotopic (exact) mass is 275 g/mol. The van der Waals surface area contributed by atoms with Crippen molar-refractivity contribution in [2.24, 2.45) is 0 Å². The lowest BCUT2D eigenvalue weighted by atomic mass is 10.4. The highest BCUT2D eigenvalue weighted by molar-refractivity contribution is 7.88. The number of amides is 1. The Kier molecular flexibility index (Phi) is 5.10. The molecule has 0 bridgehead atoms. The minimum Gasteiger partial charge on any atom is -0.396 e. The van der Waals surface area contributed by atoms with Crippen LogP contribution in [0.3, 0.4) is 0 Å². The topological polar surface area (TPSA) is 119 Å². The molecule has 4 N–H and O–H groups in total. The Bertz CT molecular complexity index is 496. The van der Waals surface area contributed by atoms with Gasteiger partial charge in [-0.3, -0.25) is 9.48 Å². The Morgan fingerprint density at radius 2 is 2.22 bits per heavy atom. The molecule has 102 valence electrons. The van der Waals surface area contributed by atoms with Crippen molar-refractivity contribution in [3.8, 4) is 0 Å². The van der Waals surface area contributed by atoms with Gasteiger partial charge >= 0.3 is 0 Å². The number of hydrogen-bond donors (Lipinski definition) is 3. The molecule has 1 aromatic rings. The molecule has 0 fully saturated rings. The molecule has 0 aliphatic rings. The zero-order chi connectivity index (χ0) is 13.6. The number of aromatic nitrogens is 2. The van der Waals surface area contributed by atoms with Crippen LogP contribution in [0.4, 0.5) is 5.69 Å². The summed E-state index contributed by atoms with van der Waals surface area (Å²) in [4.78, 5) is 11.4. The fraction of sp³-hybridized carbons (Fsp3) is 0.556. The van der Waals surface area contributed by atoms with Gasteiger partial charge in [0.25, 0.3) is 0 Å². The minimum absolute atomic E-state index is 0.0940. The van der Waals surface area contributed by atoms with E-state index >= 15 is 0 Å². The van der Waals surface area contributed by atoms with Gasteiger partial charge in [0.05, 0.1) is 18.1 Å². The SMILES string of the molecule is CS(=O)(=O)NCCCNC(=O)Cn1cc(N)cn1. The Labute approximate surface area is 106 Å². The molecule has 0 aliphatic carbocycles. The third-order valence-electron chi connectivity index (χ3n) is 2.00. The number of carbonyl (C=O) groups is 1. The molecule has 0 radical (unpaired) electrons. The number of nitrogens with one attached hydrogen (secondary N) is 2. The minimum atomic E-state index is -3.16. The predicted octanol–water partition coefficient (Wildman–Crippen LogP) is -1.48. The van der Waals surface area contributed by atoms with E-state index in [0.717, 1.165) is 6.26 Å². The quantitative estimate of drug-likeness (QED) is 0.524. The van der Waals surface area contributed by atoms with E-state index in [0.29, 0.717) is 25.2 Å². The summed E-state index contributed by atoms with van der Waals surface area (Å²) in [6.45, 7) is 0.794. The number of anilines is 1. The third kappa shape index (κ3) is 6.21. The average molecular weight is 275 g/mol. The molecule has 0 unspecified atom stereocenters. The summed E-state index contributed by atoms with van der Waals surface area (Å²) in [7, 11) is -3.16. The van der Waals surface area contributed by atoms with Crippen LogP contribution in [0.1, 0.15) is 6.42 Å². The van der Waals surface area contributed by atoms with Crippen LogP contribution >= 0.6 is 0 Å². The molecular formula is C9H17N5O3S. The van der Waals surface area contributed by atoms with Crippen LogP contribution in [0.25, 0.3) is 0 Å². The van der Waals surface area contributed by atoms with E-state index in [-0.39, 0.29) is 12.5 Å². The number of sulfonamides is 1. The van der Waals surface area contributed by atoms with Gasteiger partial charge in [-0.25, -0.2) is 13.1 Å². The zero-order valence-electron chi connectivity index (χ0n) is 10.1. The molecule has 1 amide bonds. The van der Waals surface area contributed by atoms with Crippen LogP contribution in [0.2, 0.25) is 0 Å². The van der Waals surface area contributed by atoms with E-state index in [1.165, 1.54) is 10.9 Å². The van der Waals surface area contributed by atoms with Gasteiger partial charge in [-0.15, -0.1) is 0 Å². The summed E-state index contributed by atoms with van der Waals surface area (Å²) >= 11 is 0.